The van der Waals surface area contributed by atoms with Gasteiger partial charge in [0.15, 0.2) is 0 Å². The van der Waals surface area contributed by atoms with Gasteiger partial charge in [0.25, 0.3) is 0 Å². The first-order chi connectivity index (χ1) is 10.9. The number of methoxy groups -OCH3 is 2. The second-order valence-electron chi connectivity index (χ2n) is 5.72. The molecule has 7 heteroatoms. The van der Waals surface area contributed by atoms with Gasteiger partial charge in [0.1, 0.15) is 11.5 Å². The Morgan fingerprint density at radius 1 is 1.26 bits per heavy atom. The van der Waals surface area contributed by atoms with E-state index in [0.29, 0.717) is 12.5 Å². The van der Waals surface area contributed by atoms with Crippen LogP contribution in [-0.2, 0) is 0 Å². The predicted molar refractivity (Wildman–Crippen MR) is 83.4 cm³/mol. The van der Waals surface area contributed by atoms with Crippen LogP contribution in [0.2, 0.25) is 0 Å². The number of rotatable bonds is 7. The molecule has 0 radical (unpaired) electrons. The van der Waals surface area contributed by atoms with E-state index >= 15 is 0 Å². The Morgan fingerprint density at radius 3 is 2.70 bits per heavy atom. The normalized spacial score (nSPS) is 18.3. The van der Waals surface area contributed by atoms with Crippen LogP contribution in [0.25, 0.3) is 0 Å². The number of hydrogen-bond donors (Lipinski definition) is 1. The first kappa shape index (κ1) is 17.7. The van der Waals surface area contributed by atoms with Gasteiger partial charge in [-0.2, -0.15) is 13.2 Å². The lowest BCUT2D eigenvalue weighted by Gasteiger charge is -2.22. The summed E-state index contributed by atoms with van der Waals surface area (Å²) in [5.41, 5.74) is 0.970. The van der Waals surface area contributed by atoms with Crippen molar-refractivity contribution < 1.29 is 22.6 Å². The largest absolute Gasteiger partial charge is 0.497 e. The minimum absolute atomic E-state index is 0.381. The van der Waals surface area contributed by atoms with Crippen LogP contribution in [0.15, 0.2) is 18.2 Å². The van der Waals surface area contributed by atoms with E-state index in [1.54, 1.807) is 14.2 Å². The monoisotopic (exact) mass is 332 g/mol. The van der Waals surface area contributed by atoms with Crippen LogP contribution in [0.5, 0.6) is 11.5 Å². The van der Waals surface area contributed by atoms with Gasteiger partial charge in [-0.3, -0.25) is 0 Å². The summed E-state index contributed by atoms with van der Waals surface area (Å²) in [6.45, 7) is 1.14. The molecule has 1 fully saturated rings. The lowest BCUT2D eigenvalue weighted by Crippen LogP contribution is -2.30. The quantitative estimate of drug-likeness (QED) is 0.778. The third-order valence-corrected chi connectivity index (χ3v) is 4.07. The lowest BCUT2D eigenvalue weighted by atomic mass is 10.1. The molecule has 0 spiro atoms. The first-order valence-electron chi connectivity index (χ1n) is 7.67. The van der Waals surface area contributed by atoms with E-state index in [4.69, 9.17) is 9.47 Å². The Bertz CT molecular complexity index is 509. The van der Waals surface area contributed by atoms with Gasteiger partial charge in [0.2, 0.25) is 0 Å². The molecule has 1 N–H and O–H groups in total. The second kappa shape index (κ2) is 7.77. The van der Waals surface area contributed by atoms with E-state index in [9.17, 15) is 13.2 Å². The van der Waals surface area contributed by atoms with Gasteiger partial charge in [-0.25, -0.2) is 0 Å². The molecule has 1 aromatic carbocycles. The van der Waals surface area contributed by atoms with Crippen molar-refractivity contribution >= 4 is 5.69 Å². The molecule has 0 aliphatic carbocycles. The van der Waals surface area contributed by atoms with Crippen molar-refractivity contribution in [2.24, 2.45) is 5.92 Å². The Morgan fingerprint density at radius 2 is 2.04 bits per heavy atom. The third kappa shape index (κ3) is 5.20. The molecular formula is C16H23F3N2O2. The predicted octanol–water partition coefficient (Wildman–Crippen LogP) is 3.07. The fraction of sp³-hybridized carbons (Fsp3) is 0.625. The SMILES string of the molecule is COc1ccc(OC)c(N2CCC(CCNCC(F)(F)F)C2)c1. The highest BCUT2D eigenvalue weighted by Gasteiger charge is 2.27. The number of nitrogens with zero attached hydrogens (tertiary/aromatic N) is 1. The molecule has 0 aromatic heterocycles. The third-order valence-electron chi connectivity index (χ3n) is 4.07. The summed E-state index contributed by atoms with van der Waals surface area (Å²) < 4.78 is 46.9. The topological polar surface area (TPSA) is 33.7 Å². The van der Waals surface area contributed by atoms with E-state index in [-0.39, 0.29) is 0 Å². The van der Waals surface area contributed by atoms with Crippen molar-refractivity contribution in [1.29, 1.82) is 0 Å². The minimum Gasteiger partial charge on any atom is -0.497 e. The van der Waals surface area contributed by atoms with Crippen molar-refractivity contribution in [3.05, 3.63) is 18.2 Å². The Hall–Kier alpha value is -1.63. The average molecular weight is 332 g/mol. The zero-order chi connectivity index (χ0) is 16.9. The molecule has 0 saturated carbocycles. The Balaban J connectivity index is 1.87. The molecule has 1 aliphatic rings. The standard InChI is InChI=1S/C16H23F3N2O2/c1-22-13-3-4-15(23-2)14(9-13)21-8-6-12(10-21)5-7-20-11-16(17,18)19/h3-4,9,12,20H,5-8,10-11H2,1-2H3. The first-order valence-corrected chi connectivity index (χ1v) is 7.67. The number of halogens is 3. The maximum Gasteiger partial charge on any atom is 0.401 e. The van der Waals surface area contributed by atoms with Gasteiger partial charge < -0.3 is 19.7 Å². The Labute approximate surface area is 134 Å². The van der Waals surface area contributed by atoms with Crippen molar-refractivity contribution in [1.82, 2.24) is 5.32 Å². The van der Waals surface area contributed by atoms with Gasteiger partial charge in [-0.05, 0) is 37.4 Å². The van der Waals surface area contributed by atoms with Crippen LogP contribution in [0.1, 0.15) is 12.8 Å². The van der Waals surface area contributed by atoms with Crippen molar-refractivity contribution in [2.45, 2.75) is 19.0 Å². The fourth-order valence-corrected chi connectivity index (χ4v) is 2.87. The molecule has 1 unspecified atom stereocenters. The molecule has 2 rings (SSSR count). The lowest BCUT2D eigenvalue weighted by molar-refractivity contribution is -0.124. The molecule has 4 nitrogen and oxygen atoms in total. The molecule has 1 saturated heterocycles. The molecular weight excluding hydrogens is 309 g/mol. The Kier molecular flexibility index (Phi) is 5.98. The molecule has 1 aromatic rings. The van der Waals surface area contributed by atoms with E-state index in [2.05, 4.69) is 10.2 Å². The molecule has 1 heterocycles. The summed E-state index contributed by atoms with van der Waals surface area (Å²) in [5, 5.41) is 2.46. The van der Waals surface area contributed by atoms with Crippen molar-refractivity contribution in [2.75, 3.05) is 45.3 Å². The van der Waals surface area contributed by atoms with Crippen LogP contribution in [-0.4, -0.2) is 46.6 Å². The van der Waals surface area contributed by atoms with Crippen molar-refractivity contribution in [3.8, 4) is 11.5 Å². The summed E-state index contributed by atoms with van der Waals surface area (Å²) in [5.74, 6) is 1.92. The van der Waals surface area contributed by atoms with Gasteiger partial charge in [-0.1, -0.05) is 0 Å². The van der Waals surface area contributed by atoms with Crippen molar-refractivity contribution in [3.63, 3.8) is 0 Å². The van der Waals surface area contributed by atoms with Crippen LogP contribution in [0, 0.1) is 5.92 Å². The minimum atomic E-state index is -4.14. The number of hydrogen-bond acceptors (Lipinski definition) is 4. The summed E-state index contributed by atoms with van der Waals surface area (Å²) >= 11 is 0. The summed E-state index contributed by atoms with van der Waals surface area (Å²) in [7, 11) is 3.24. The van der Waals surface area contributed by atoms with Gasteiger partial charge >= 0.3 is 6.18 Å². The highest BCUT2D eigenvalue weighted by atomic mass is 19.4. The highest BCUT2D eigenvalue weighted by Crippen LogP contribution is 2.35. The van der Waals surface area contributed by atoms with Crippen LogP contribution >= 0.6 is 0 Å². The molecule has 0 bridgehead atoms. The molecule has 0 amide bonds. The van der Waals surface area contributed by atoms with E-state index < -0.39 is 12.7 Å². The van der Waals surface area contributed by atoms with Gasteiger partial charge in [-0.15, -0.1) is 0 Å². The number of ether oxygens (including phenoxy) is 2. The number of nitrogens with one attached hydrogen (secondary N) is 1. The van der Waals surface area contributed by atoms with E-state index in [1.165, 1.54) is 0 Å². The molecule has 130 valence electrons. The molecule has 23 heavy (non-hydrogen) atoms. The fourth-order valence-electron chi connectivity index (χ4n) is 2.87. The zero-order valence-electron chi connectivity index (χ0n) is 13.4. The summed E-state index contributed by atoms with van der Waals surface area (Å²) in [4.78, 5) is 2.20. The van der Waals surface area contributed by atoms with Gasteiger partial charge in [0, 0.05) is 19.2 Å². The molecule has 1 aliphatic heterocycles. The second-order valence-corrected chi connectivity index (χ2v) is 5.72. The van der Waals surface area contributed by atoms with E-state index in [0.717, 1.165) is 43.1 Å². The smallest absolute Gasteiger partial charge is 0.401 e. The average Bonchev–Trinajstić information content (AvgIpc) is 2.98. The van der Waals surface area contributed by atoms with Crippen LogP contribution in [0.4, 0.5) is 18.9 Å². The summed E-state index contributed by atoms with van der Waals surface area (Å²) in [6, 6.07) is 5.65. The van der Waals surface area contributed by atoms with Crippen LogP contribution < -0.4 is 19.7 Å². The summed E-state index contributed by atoms with van der Waals surface area (Å²) in [6.07, 6.45) is -2.44. The maximum atomic E-state index is 12.1. The van der Waals surface area contributed by atoms with Gasteiger partial charge in [0.05, 0.1) is 26.5 Å². The molecule has 1 atom stereocenters. The van der Waals surface area contributed by atoms with E-state index in [1.807, 2.05) is 18.2 Å². The number of benzene rings is 1. The highest BCUT2D eigenvalue weighted by molar-refractivity contribution is 5.62. The number of alkyl halides is 3. The number of anilines is 1. The zero-order valence-corrected chi connectivity index (χ0v) is 13.4. The maximum absolute atomic E-state index is 12.1. The van der Waals surface area contributed by atoms with Crippen LogP contribution in [0.3, 0.4) is 0 Å².